The van der Waals surface area contributed by atoms with Gasteiger partial charge in [0.15, 0.2) is 0 Å². The molecule has 0 amide bonds. The molecular weight excluding hydrogens is 236 g/mol. The number of ether oxygens (including phenoxy) is 1. The van der Waals surface area contributed by atoms with Gasteiger partial charge in [-0.25, -0.2) is 4.98 Å². The fourth-order valence-electron chi connectivity index (χ4n) is 2.81. The van der Waals surface area contributed by atoms with E-state index in [1.807, 2.05) is 6.07 Å². The molecule has 0 radical (unpaired) electrons. The third-order valence-electron chi connectivity index (χ3n) is 4.11. The molecule has 3 nitrogen and oxygen atoms in total. The average molecular weight is 260 g/mol. The first-order valence-electron chi connectivity index (χ1n) is 7.65. The summed E-state index contributed by atoms with van der Waals surface area (Å²) in [5.74, 6) is 1.59. The maximum Gasteiger partial charge on any atom is 0.213 e. The molecule has 3 rings (SSSR count). The largest absolute Gasteiger partial charge is 0.474 e. The lowest BCUT2D eigenvalue weighted by Gasteiger charge is -2.27. The number of nitrogens with one attached hydrogen (secondary N) is 1. The first-order valence-corrected chi connectivity index (χ1v) is 7.65. The summed E-state index contributed by atoms with van der Waals surface area (Å²) in [6, 6.07) is 6.84. The van der Waals surface area contributed by atoms with Crippen LogP contribution in [0.3, 0.4) is 0 Å². The van der Waals surface area contributed by atoms with Crippen LogP contribution in [0.15, 0.2) is 18.2 Å². The van der Waals surface area contributed by atoms with E-state index in [1.54, 1.807) is 0 Å². The molecule has 2 fully saturated rings. The van der Waals surface area contributed by atoms with Crippen molar-refractivity contribution in [2.75, 3.05) is 0 Å². The summed E-state index contributed by atoms with van der Waals surface area (Å²) in [5, 5.41) is 3.49. The smallest absolute Gasteiger partial charge is 0.213 e. The van der Waals surface area contributed by atoms with Crippen molar-refractivity contribution in [3.05, 3.63) is 23.9 Å². The zero-order chi connectivity index (χ0) is 13.1. The molecule has 0 aromatic carbocycles. The summed E-state index contributed by atoms with van der Waals surface area (Å²) in [4.78, 5) is 4.61. The van der Waals surface area contributed by atoms with Gasteiger partial charge in [-0.3, -0.25) is 0 Å². The highest BCUT2D eigenvalue weighted by Crippen LogP contribution is 2.26. The Morgan fingerprint density at radius 3 is 2.95 bits per heavy atom. The van der Waals surface area contributed by atoms with Crippen LogP contribution in [0.1, 0.15) is 51.1 Å². The Hall–Kier alpha value is -1.09. The van der Waals surface area contributed by atoms with Gasteiger partial charge >= 0.3 is 0 Å². The van der Waals surface area contributed by atoms with Crippen LogP contribution in [0.25, 0.3) is 0 Å². The first-order chi connectivity index (χ1) is 9.29. The Labute approximate surface area is 115 Å². The van der Waals surface area contributed by atoms with Crippen LogP contribution >= 0.6 is 0 Å². The molecule has 2 unspecified atom stereocenters. The number of hydrogen-bond acceptors (Lipinski definition) is 3. The Morgan fingerprint density at radius 2 is 2.16 bits per heavy atom. The molecule has 1 heterocycles. The van der Waals surface area contributed by atoms with Crippen LogP contribution in [0, 0.1) is 5.92 Å². The van der Waals surface area contributed by atoms with E-state index >= 15 is 0 Å². The van der Waals surface area contributed by atoms with Crippen molar-refractivity contribution >= 4 is 0 Å². The maximum absolute atomic E-state index is 6.05. The number of aromatic nitrogens is 1. The van der Waals surface area contributed by atoms with Crippen molar-refractivity contribution in [1.29, 1.82) is 0 Å². The van der Waals surface area contributed by atoms with E-state index < -0.39 is 0 Å². The Balaban J connectivity index is 1.55. The van der Waals surface area contributed by atoms with Crippen molar-refractivity contribution < 1.29 is 4.74 Å². The Bertz CT molecular complexity index is 417. The molecule has 1 aromatic heterocycles. The van der Waals surface area contributed by atoms with Gasteiger partial charge in [-0.15, -0.1) is 0 Å². The fraction of sp³-hybridized carbons (Fsp3) is 0.688. The predicted molar refractivity (Wildman–Crippen MR) is 76.1 cm³/mol. The minimum absolute atomic E-state index is 0.364. The lowest BCUT2D eigenvalue weighted by atomic mass is 9.89. The molecular formula is C16H24N2O. The number of hydrogen-bond donors (Lipinski definition) is 1. The van der Waals surface area contributed by atoms with Crippen molar-refractivity contribution in [2.24, 2.45) is 5.92 Å². The first kappa shape index (κ1) is 12.9. The van der Waals surface area contributed by atoms with E-state index in [1.165, 1.54) is 38.5 Å². The molecule has 104 valence electrons. The molecule has 19 heavy (non-hydrogen) atoms. The summed E-state index contributed by atoms with van der Waals surface area (Å²) in [5.41, 5.74) is 1.09. The second-order valence-corrected chi connectivity index (χ2v) is 6.13. The number of pyridine rings is 1. The summed E-state index contributed by atoms with van der Waals surface area (Å²) in [7, 11) is 0. The molecule has 1 aromatic rings. The second-order valence-electron chi connectivity index (χ2n) is 6.13. The van der Waals surface area contributed by atoms with E-state index in [0.717, 1.165) is 30.1 Å². The minimum atomic E-state index is 0.364. The molecule has 2 aliphatic carbocycles. The Kier molecular flexibility index (Phi) is 4.02. The van der Waals surface area contributed by atoms with Gasteiger partial charge in [-0.2, -0.15) is 0 Å². The molecule has 1 N–H and O–H groups in total. The monoisotopic (exact) mass is 260 g/mol. The standard InChI is InChI=1S/C16H24N2O/c1-12-4-2-6-15(10-12)19-16-7-3-5-14(18-16)11-17-13-8-9-13/h3,5,7,12-13,15,17H,2,4,6,8-11H2,1H3. The minimum Gasteiger partial charge on any atom is -0.474 e. The highest BCUT2D eigenvalue weighted by Gasteiger charge is 2.21. The summed E-state index contributed by atoms with van der Waals surface area (Å²) in [6.45, 7) is 3.18. The van der Waals surface area contributed by atoms with Crippen LogP contribution in [0.5, 0.6) is 5.88 Å². The molecule has 2 saturated carbocycles. The molecule has 2 atom stereocenters. The van der Waals surface area contributed by atoms with Gasteiger partial charge in [0.1, 0.15) is 6.10 Å². The quantitative estimate of drug-likeness (QED) is 0.882. The molecule has 0 aliphatic heterocycles. The number of nitrogens with zero attached hydrogens (tertiary/aromatic N) is 1. The van der Waals surface area contributed by atoms with Gasteiger partial charge in [-0.05, 0) is 44.1 Å². The van der Waals surface area contributed by atoms with E-state index in [-0.39, 0.29) is 0 Å². The summed E-state index contributed by atoms with van der Waals surface area (Å²) >= 11 is 0. The lowest BCUT2D eigenvalue weighted by Crippen LogP contribution is -2.24. The van der Waals surface area contributed by atoms with Crippen LogP contribution in [-0.4, -0.2) is 17.1 Å². The van der Waals surface area contributed by atoms with Gasteiger partial charge in [0.2, 0.25) is 5.88 Å². The van der Waals surface area contributed by atoms with Crippen molar-refractivity contribution in [1.82, 2.24) is 10.3 Å². The van der Waals surface area contributed by atoms with E-state index in [4.69, 9.17) is 4.74 Å². The topological polar surface area (TPSA) is 34.1 Å². The highest BCUT2D eigenvalue weighted by molar-refractivity contribution is 5.16. The Morgan fingerprint density at radius 1 is 1.26 bits per heavy atom. The molecule has 2 aliphatic rings. The van der Waals surface area contributed by atoms with Gasteiger partial charge in [0.05, 0.1) is 5.69 Å². The lowest BCUT2D eigenvalue weighted by molar-refractivity contribution is 0.123. The second kappa shape index (κ2) is 5.91. The van der Waals surface area contributed by atoms with Crippen molar-refractivity contribution in [3.63, 3.8) is 0 Å². The molecule has 0 bridgehead atoms. The fourth-order valence-corrected chi connectivity index (χ4v) is 2.81. The van der Waals surface area contributed by atoms with Crippen molar-refractivity contribution in [2.45, 2.75) is 64.1 Å². The van der Waals surface area contributed by atoms with Gasteiger partial charge in [-0.1, -0.05) is 19.4 Å². The van der Waals surface area contributed by atoms with Crippen LogP contribution in [-0.2, 0) is 6.54 Å². The van der Waals surface area contributed by atoms with Crippen LogP contribution < -0.4 is 10.1 Å². The third kappa shape index (κ3) is 3.93. The van der Waals surface area contributed by atoms with E-state index in [2.05, 4.69) is 29.4 Å². The van der Waals surface area contributed by atoms with Crippen LogP contribution in [0.2, 0.25) is 0 Å². The maximum atomic E-state index is 6.05. The average Bonchev–Trinajstić information content (AvgIpc) is 3.21. The molecule has 0 saturated heterocycles. The van der Waals surface area contributed by atoms with E-state index in [0.29, 0.717) is 6.10 Å². The van der Waals surface area contributed by atoms with E-state index in [9.17, 15) is 0 Å². The van der Waals surface area contributed by atoms with Crippen molar-refractivity contribution in [3.8, 4) is 5.88 Å². The zero-order valence-corrected chi connectivity index (χ0v) is 11.8. The highest BCUT2D eigenvalue weighted by atomic mass is 16.5. The third-order valence-corrected chi connectivity index (χ3v) is 4.11. The molecule has 3 heteroatoms. The normalized spacial score (nSPS) is 27.2. The SMILES string of the molecule is CC1CCCC(Oc2cccc(CNC3CC3)n2)C1. The van der Waals surface area contributed by atoms with Gasteiger partial charge < -0.3 is 10.1 Å². The van der Waals surface area contributed by atoms with Gasteiger partial charge in [0, 0.05) is 18.7 Å². The van der Waals surface area contributed by atoms with Crippen LogP contribution in [0.4, 0.5) is 0 Å². The predicted octanol–water partition coefficient (Wildman–Crippen LogP) is 3.29. The molecule has 0 spiro atoms. The number of rotatable bonds is 5. The zero-order valence-electron chi connectivity index (χ0n) is 11.8. The van der Waals surface area contributed by atoms with Gasteiger partial charge in [0.25, 0.3) is 0 Å². The summed E-state index contributed by atoms with van der Waals surface area (Å²) < 4.78 is 6.05. The summed E-state index contributed by atoms with van der Waals surface area (Å²) in [6.07, 6.45) is 7.98.